The van der Waals surface area contributed by atoms with E-state index >= 15 is 0 Å². The van der Waals surface area contributed by atoms with Gasteiger partial charge in [0.05, 0.1) is 5.69 Å². The fourth-order valence-corrected chi connectivity index (χ4v) is 2.20. The lowest BCUT2D eigenvalue weighted by Crippen LogP contribution is -2.27. The molecule has 0 saturated carbocycles. The van der Waals surface area contributed by atoms with Crippen molar-refractivity contribution in [3.05, 3.63) is 47.5 Å². The van der Waals surface area contributed by atoms with Gasteiger partial charge in [0.15, 0.2) is 13.2 Å². The molecule has 0 aliphatic carbocycles. The van der Waals surface area contributed by atoms with Crippen LogP contribution in [0, 0.1) is 0 Å². The molecule has 0 atom stereocenters. The van der Waals surface area contributed by atoms with Gasteiger partial charge in [0.2, 0.25) is 0 Å². The Hall–Kier alpha value is -2.73. The molecule has 0 bridgehead atoms. The summed E-state index contributed by atoms with van der Waals surface area (Å²) in [5, 5.41) is 5.96. The molecule has 1 aliphatic rings. The van der Waals surface area contributed by atoms with Crippen molar-refractivity contribution in [3.63, 3.8) is 0 Å². The molecule has 118 valence electrons. The zero-order valence-corrected chi connectivity index (χ0v) is 12.7. The van der Waals surface area contributed by atoms with Crippen LogP contribution in [-0.4, -0.2) is 25.0 Å². The number of anilines is 2. The van der Waals surface area contributed by atoms with Crippen LogP contribution in [0.15, 0.2) is 42.5 Å². The molecule has 0 fully saturated rings. The number of para-hydroxylation sites is 1. The average molecular weight is 333 g/mol. The molecular weight excluding hydrogens is 320 g/mol. The molecule has 0 unspecified atom stereocenters. The average Bonchev–Trinajstić information content (AvgIpc) is 2.55. The van der Waals surface area contributed by atoms with Gasteiger partial charge in [-0.05, 0) is 36.4 Å². The van der Waals surface area contributed by atoms with Gasteiger partial charge in [-0.15, -0.1) is 0 Å². The second kappa shape index (κ2) is 6.58. The number of halogens is 1. The number of benzene rings is 2. The van der Waals surface area contributed by atoms with Crippen LogP contribution in [0.2, 0.25) is 5.02 Å². The third kappa shape index (κ3) is 3.73. The Kier molecular flexibility index (Phi) is 4.34. The van der Waals surface area contributed by atoms with E-state index < -0.39 is 0 Å². The normalized spacial score (nSPS) is 12.7. The van der Waals surface area contributed by atoms with Crippen LogP contribution in [0.25, 0.3) is 0 Å². The molecule has 7 heteroatoms. The number of carbonyl (C=O) groups is 2. The summed E-state index contributed by atoms with van der Waals surface area (Å²) in [7, 11) is 0. The van der Waals surface area contributed by atoms with Gasteiger partial charge in [-0.1, -0.05) is 17.7 Å². The molecule has 2 aromatic rings. The number of ether oxygens (including phenoxy) is 2. The van der Waals surface area contributed by atoms with Gasteiger partial charge in [0, 0.05) is 5.02 Å². The van der Waals surface area contributed by atoms with Gasteiger partial charge in [0.1, 0.15) is 17.2 Å². The van der Waals surface area contributed by atoms with Crippen LogP contribution in [0.3, 0.4) is 0 Å². The van der Waals surface area contributed by atoms with Gasteiger partial charge >= 0.3 is 0 Å². The van der Waals surface area contributed by atoms with Crippen molar-refractivity contribution in [2.75, 3.05) is 23.8 Å². The Morgan fingerprint density at radius 3 is 2.83 bits per heavy atom. The first kappa shape index (κ1) is 15.2. The smallest absolute Gasteiger partial charge is 0.262 e. The maximum atomic E-state index is 12.0. The van der Waals surface area contributed by atoms with Crippen molar-refractivity contribution in [3.8, 4) is 11.5 Å². The molecule has 6 nitrogen and oxygen atoms in total. The zero-order valence-electron chi connectivity index (χ0n) is 12.0. The summed E-state index contributed by atoms with van der Waals surface area (Å²) in [6.07, 6.45) is 0. The molecule has 0 saturated heterocycles. The van der Waals surface area contributed by atoms with Crippen LogP contribution >= 0.6 is 11.6 Å². The Labute approximate surface area is 137 Å². The van der Waals surface area contributed by atoms with Crippen LogP contribution in [0.1, 0.15) is 0 Å². The van der Waals surface area contributed by atoms with Gasteiger partial charge in [-0.3, -0.25) is 9.59 Å². The van der Waals surface area contributed by atoms with Crippen LogP contribution < -0.4 is 20.1 Å². The number of hydrogen-bond donors (Lipinski definition) is 2. The van der Waals surface area contributed by atoms with E-state index in [-0.39, 0.29) is 25.0 Å². The highest BCUT2D eigenvalue weighted by Crippen LogP contribution is 2.34. The molecule has 2 amide bonds. The molecule has 0 aromatic heterocycles. The Morgan fingerprint density at radius 2 is 2.04 bits per heavy atom. The maximum absolute atomic E-state index is 12.0. The van der Waals surface area contributed by atoms with Crippen LogP contribution in [-0.2, 0) is 9.59 Å². The van der Waals surface area contributed by atoms with E-state index in [0.29, 0.717) is 27.9 Å². The second-order valence-corrected chi connectivity index (χ2v) is 5.24. The molecule has 1 aliphatic heterocycles. The number of fused-ring (bicyclic) bond motifs is 1. The van der Waals surface area contributed by atoms with E-state index in [1.807, 2.05) is 0 Å². The fourth-order valence-electron chi connectivity index (χ4n) is 2.07. The van der Waals surface area contributed by atoms with E-state index in [4.69, 9.17) is 21.1 Å². The Balaban J connectivity index is 1.64. The summed E-state index contributed by atoms with van der Waals surface area (Å²) >= 11 is 5.78. The largest absolute Gasteiger partial charge is 0.484 e. The highest BCUT2D eigenvalue weighted by Gasteiger charge is 2.19. The highest BCUT2D eigenvalue weighted by atomic mass is 35.5. The van der Waals surface area contributed by atoms with Crippen molar-refractivity contribution in [1.82, 2.24) is 0 Å². The number of nitrogens with one attached hydrogen (secondary N) is 2. The SMILES string of the molecule is O=C(COc1ccc(Cl)cc1)Nc1cccc2c1NC(=O)CO2. The van der Waals surface area contributed by atoms with Crippen LogP contribution in [0.4, 0.5) is 11.4 Å². The predicted molar refractivity (Wildman–Crippen MR) is 86.1 cm³/mol. The first-order chi connectivity index (χ1) is 11.1. The number of amides is 2. The van der Waals surface area contributed by atoms with Gasteiger partial charge in [-0.25, -0.2) is 0 Å². The molecule has 0 radical (unpaired) electrons. The lowest BCUT2D eigenvalue weighted by molar-refractivity contribution is -0.119. The fraction of sp³-hybridized carbons (Fsp3) is 0.125. The minimum absolute atomic E-state index is 0.0376. The number of carbonyl (C=O) groups excluding carboxylic acids is 2. The lowest BCUT2D eigenvalue weighted by atomic mass is 10.2. The van der Waals surface area contributed by atoms with Crippen molar-refractivity contribution in [2.24, 2.45) is 0 Å². The van der Waals surface area contributed by atoms with Gasteiger partial charge in [0.25, 0.3) is 11.8 Å². The number of hydrogen-bond acceptors (Lipinski definition) is 4. The second-order valence-electron chi connectivity index (χ2n) is 4.81. The maximum Gasteiger partial charge on any atom is 0.262 e. The highest BCUT2D eigenvalue weighted by molar-refractivity contribution is 6.30. The minimum atomic E-state index is -0.354. The van der Waals surface area contributed by atoms with E-state index in [1.54, 1.807) is 42.5 Å². The predicted octanol–water partition coefficient (Wildman–Crippen LogP) is 2.69. The van der Waals surface area contributed by atoms with E-state index in [9.17, 15) is 9.59 Å². The molecule has 0 spiro atoms. The zero-order chi connectivity index (χ0) is 16.2. The van der Waals surface area contributed by atoms with Crippen molar-refractivity contribution >= 4 is 34.8 Å². The van der Waals surface area contributed by atoms with E-state index in [1.165, 1.54) is 0 Å². The van der Waals surface area contributed by atoms with E-state index in [2.05, 4.69) is 10.6 Å². The van der Waals surface area contributed by atoms with Gasteiger partial charge < -0.3 is 20.1 Å². The van der Waals surface area contributed by atoms with Crippen LogP contribution in [0.5, 0.6) is 11.5 Å². The monoisotopic (exact) mass is 332 g/mol. The Morgan fingerprint density at radius 1 is 1.26 bits per heavy atom. The summed E-state index contributed by atoms with van der Waals surface area (Å²) in [6, 6.07) is 11.8. The molecule has 23 heavy (non-hydrogen) atoms. The first-order valence-corrected chi connectivity index (χ1v) is 7.23. The van der Waals surface area contributed by atoms with E-state index in [0.717, 1.165) is 0 Å². The van der Waals surface area contributed by atoms with Crippen molar-refractivity contribution < 1.29 is 19.1 Å². The minimum Gasteiger partial charge on any atom is -0.484 e. The molecule has 2 aromatic carbocycles. The summed E-state index contributed by atoms with van der Waals surface area (Å²) in [5.74, 6) is 0.432. The summed E-state index contributed by atoms with van der Waals surface area (Å²) in [6.45, 7) is -0.204. The Bertz CT molecular complexity index is 746. The summed E-state index contributed by atoms with van der Waals surface area (Å²) < 4.78 is 10.7. The van der Waals surface area contributed by atoms with Crippen molar-refractivity contribution in [2.45, 2.75) is 0 Å². The summed E-state index contributed by atoms with van der Waals surface area (Å²) in [5.41, 5.74) is 0.906. The van der Waals surface area contributed by atoms with Gasteiger partial charge in [-0.2, -0.15) is 0 Å². The van der Waals surface area contributed by atoms with Crippen molar-refractivity contribution in [1.29, 1.82) is 0 Å². The topological polar surface area (TPSA) is 76.7 Å². The lowest BCUT2D eigenvalue weighted by Gasteiger charge is -2.20. The standard InChI is InChI=1S/C16H13ClN2O4/c17-10-4-6-11(7-5-10)22-8-14(20)18-12-2-1-3-13-16(12)19-15(21)9-23-13/h1-7H,8-9H2,(H,18,20)(H,19,21). The molecule has 1 heterocycles. The quantitative estimate of drug-likeness (QED) is 0.902. The number of rotatable bonds is 4. The summed E-state index contributed by atoms with van der Waals surface area (Å²) in [4.78, 5) is 23.4. The molecule has 3 rings (SSSR count). The molecular formula is C16H13ClN2O4. The first-order valence-electron chi connectivity index (χ1n) is 6.86. The molecule has 2 N–H and O–H groups in total. The third-order valence-corrected chi connectivity index (χ3v) is 3.36. The third-order valence-electron chi connectivity index (χ3n) is 3.11.